The number of imidazole rings is 1. The predicted octanol–water partition coefficient (Wildman–Crippen LogP) is 6.15. The summed E-state index contributed by atoms with van der Waals surface area (Å²) in [6, 6.07) is 25.7. The third-order valence-electron chi connectivity index (χ3n) is 8.02. The number of carbonyl (C=O) groups is 4. The molecular weight excluding hydrogens is 686 g/mol. The van der Waals surface area contributed by atoms with Crippen LogP contribution < -0.4 is 15.0 Å². The maximum atomic E-state index is 13.9. The molecule has 53 heavy (non-hydrogen) atoms. The Labute approximate surface area is 302 Å². The normalized spacial score (nSPS) is 17.7. The number of para-hydroxylation sites is 2. The van der Waals surface area contributed by atoms with E-state index < -0.39 is 48.4 Å². The van der Waals surface area contributed by atoms with Gasteiger partial charge in [-0.05, 0) is 41.8 Å². The highest BCUT2D eigenvalue weighted by Crippen LogP contribution is 2.39. The molecule has 0 radical (unpaired) electrons. The molecule has 1 saturated heterocycles. The summed E-state index contributed by atoms with van der Waals surface area (Å²) in [7, 11) is 0. The molecule has 1 N–H and O–H groups in total. The molecule has 0 saturated carbocycles. The zero-order valence-corrected chi connectivity index (χ0v) is 28.5. The van der Waals surface area contributed by atoms with Gasteiger partial charge in [0.05, 0.1) is 23.8 Å². The maximum absolute atomic E-state index is 13.9. The van der Waals surface area contributed by atoms with Crippen molar-refractivity contribution in [1.29, 1.82) is 0 Å². The van der Waals surface area contributed by atoms with Crippen molar-refractivity contribution in [1.82, 2.24) is 19.5 Å². The second-order valence-electron chi connectivity index (χ2n) is 11.8. The number of benzene rings is 3. The molecule has 5 aromatic rings. The van der Waals surface area contributed by atoms with Crippen LogP contribution in [0.1, 0.15) is 38.5 Å². The van der Waals surface area contributed by atoms with Gasteiger partial charge >= 0.3 is 18.0 Å². The Morgan fingerprint density at radius 2 is 1.58 bits per heavy atom. The van der Waals surface area contributed by atoms with Crippen LogP contribution >= 0.6 is 0 Å². The molecule has 17 nitrogen and oxygen atoms in total. The molecule has 0 spiro atoms. The number of nitrogens with one attached hydrogen (secondary N) is 1. The van der Waals surface area contributed by atoms with Crippen molar-refractivity contribution in [2.45, 2.75) is 57.8 Å². The Bertz CT molecular complexity index is 2100. The van der Waals surface area contributed by atoms with Crippen molar-refractivity contribution >= 4 is 52.4 Å². The molecule has 2 amide bonds. The number of azide groups is 1. The number of anilines is 3. The van der Waals surface area contributed by atoms with Gasteiger partial charge in [-0.2, -0.15) is 9.97 Å². The van der Waals surface area contributed by atoms with E-state index in [2.05, 4.69) is 30.3 Å². The topological polar surface area (TPSA) is 213 Å². The van der Waals surface area contributed by atoms with Gasteiger partial charge in [-0.1, -0.05) is 71.8 Å². The Hall–Kier alpha value is -6.84. The molecule has 3 heterocycles. The lowest BCUT2D eigenvalue weighted by atomic mass is 10.0. The number of esters is 2. The molecule has 270 valence electrons. The quantitative estimate of drug-likeness (QED) is 0.0668. The number of hydrogen-bond donors (Lipinski definition) is 1. The first-order valence-electron chi connectivity index (χ1n) is 16.4. The highest BCUT2D eigenvalue weighted by molar-refractivity contribution is 5.98. The molecule has 1 aliphatic rings. The molecule has 0 bridgehead atoms. The number of hydrogen-bond acceptors (Lipinski definition) is 12. The van der Waals surface area contributed by atoms with Crippen LogP contribution in [0, 0.1) is 0 Å². The molecule has 0 unspecified atom stereocenters. The van der Waals surface area contributed by atoms with Gasteiger partial charge in [0.15, 0.2) is 23.5 Å². The van der Waals surface area contributed by atoms with Crippen molar-refractivity contribution < 1.29 is 38.1 Å². The molecule has 17 heteroatoms. The summed E-state index contributed by atoms with van der Waals surface area (Å²) < 4.78 is 24.6. The summed E-state index contributed by atoms with van der Waals surface area (Å²) in [6.45, 7) is 2.51. The van der Waals surface area contributed by atoms with E-state index in [1.165, 1.54) is 29.6 Å². The second kappa shape index (κ2) is 16.5. The fraction of sp³-hybridized carbons (Fsp3) is 0.250. The summed E-state index contributed by atoms with van der Waals surface area (Å²) in [5, 5.41) is 6.37. The third kappa shape index (κ3) is 8.56. The van der Waals surface area contributed by atoms with Crippen molar-refractivity contribution in [2.24, 2.45) is 5.11 Å². The van der Waals surface area contributed by atoms with Crippen LogP contribution in [0.3, 0.4) is 0 Å². The van der Waals surface area contributed by atoms with Crippen molar-refractivity contribution in [3.05, 3.63) is 113 Å². The summed E-state index contributed by atoms with van der Waals surface area (Å²) in [6.07, 6.45) is -2.92. The number of aromatic nitrogens is 4. The van der Waals surface area contributed by atoms with E-state index in [0.717, 1.165) is 5.56 Å². The number of carbonyl (C=O) groups excluding carboxylic acids is 4. The fourth-order valence-electron chi connectivity index (χ4n) is 5.77. The van der Waals surface area contributed by atoms with Crippen LogP contribution in [-0.2, 0) is 35.2 Å². The maximum Gasteiger partial charge on any atom is 0.425 e. The smallest absolute Gasteiger partial charge is 0.425 e. The minimum absolute atomic E-state index is 0.00743. The summed E-state index contributed by atoms with van der Waals surface area (Å²) >= 11 is 0. The zero-order chi connectivity index (χ0) is 37.3. The molecule has 4 atom stereocenters. The SMILES string of the molecule is CC(=O)Nc1nc(OC(=O)N(c2ccccc2)c2ccccc2)c2ncn([C@@H]3O[C@H](CCC(=O)OCc4ccccc4)[C@@H](N=[N+]=[N-])[C@H]3OC(C)=O)c2n1. The van der Waals surface area contributed by atoms with Crippen molar-refractivity contribution in [2.75, 3.05) is 10.2 Å². The summed E-state index contributed by atoms with van der Waals surface area (Å²) in [4.78, 5) is 68.4. The first-order valence-corrected chi connectivity index (χ1v) is 16.4. The molecule has 1 fully saturated rings. The first-order chi connectivity index (χ1) is 25.7. The van der Waals surface area contributed by atoms with Gasteiger partial charge in [-0.25, -0.2) is 14.7 Å². The Kier molecular flexibility index (Phi) is 11.2. The summed E-state index contributed by atoms with van der Waals surface area (Å²) in [5.74, 6) is -2.26. The van der Waals surface area contributed by atoms with E-state index in [4.69, 9.17) is 18.9 Å². The highest BCUT2D eigenvalue weighted by atomic mass is 16.6. The molecule has 2 aromatic heterocycles. The molecular formula is C36H33N9O8. The Morgan fingerprint density at radius 3 is 2.19 bits per heavy atom. The van der Waals surface area contributed by atoms with Gasteiger partial charge in [0.1, 0.15) is 12.6 Å². The number of amides is 2. The lowest BCUT2D eigenvalue weighted by Gasteiger charge is -2.22. The highest BCUT2D eigenvalue weighted by Gasteiger charge is 2.48. The van der Waals surface area contributed by atoms with E-state index >= 15 is 0 Å². The Balaban J connectivity index is 1.32. The summed E-state index contributed by atoms with van der Waals surface area (Å²) in [5.41, 5.74) is 11.3. The van der Waals surface area contributed by atoms with Crippen LogP contribution in [0.4, 0.5) is 22.1 Å². The van der Waals surface area contributed by atoms with Crippen LogP contribution in [0.15, 0.2) is 102 Å². The van der Waals surface area contributed by atoms with Crippen LogP contribution in [0.2, 0.25) is 0 Å². The van der Waals surface area contributed by atoms with Gasteiger partial charge in [-0.3, -0.25) is 24.3 Å². The molecule has 1 aliphatic heterocycles. The van der Waals surface area contributed by atoms with Gasteiger partial charge in [-0.15, -0.1) is 0 Å². The van der Waals surface area contributed by atoms with Crippen molar-refractivity contribution in [3.63, 3.8) is 0 Å². The number of fused-ring (bicyclic) bond motifs is 1. The monoisotopic (exact) mass is 719 g/mol. The Morgan fingerprint density at radius 1 is 0.943 bits per heavy atom. The molecule has 0 aliphatic carbocycles. The van der Waals surface area contributed by atoms with Crippen LogP contribution in [0.25, 0.3) is 21.6 Å². The van der Waals surface area contributed by atoms with E-state index in [9.17, 15) is 24.7 Å². The largest absolute Gasteiger partial charge is 0.461 e. The van der Waals surface area contributed by atoms with E-state index in [1.54, 1.807) is 60.7 Å². The first kappa shape index (κ1) is 36.0. The number of nitrogens with zero attached hydrogens (tertiary/aromatic N) is 8. The number of ether oxygens (including phenoxy) is 4. The second-order valence-corrected chi connectivity index (χ2v) is 11.8. The average Bonchev–Trinajstić information content (AvgIpc) is 3.72. The van der Waals surface area contributed by atoms with E-state index in [-0.39, 0.29) is 42.4 Å². The van der Waals surface area contributed by atoms with Gasteiger partial charge in [0.2, 0.25) is 11.9 Å². The van der Waals surface area contributed by atoms with Crippen LogP contribution in [0.5, 0.6) is 5.88 Å². The average molecular weight is 720 g/mol. The molecule has 3 aromatic carbocycles. The third-order valence-corrected chi connectivity index (χ3v) is 8.02. The van der Waals surface area contributed by atoms with Crippen LogP contribution in [-0.4, -0.2) is 61.7 Å². The lowest BCUT2D eigenvalue weighted by molar-refractivity contribution is -0.152. The van der Waals surface area contributed by atoms with E-state index in [0.29, 0.717) is 11.4 Å². The predicted molar refractivity (Wildman–Crippen MR) is 189 cm³/mol. The zero-order valence-electron chi connectivity index (χ0n) is 28.5. The minimum atomic E-state index is -1.21. The van der Waals surface area contributed by atoms with Crippen molar-refractivity contribution in [3.8, 4) is 5.88 Å². The van der Waals surface area contributed by atoms with Gasteiger partial charge < -0.3 is 18.9 Å². The molecule has 6 rings (SSSR count). The standard InChI is InChI=1S/C36H33N9O8/c1-22(46)39-35-40-32-30(33(41-35)53-36(49)45(25-14-8-4-9-15-25)26-16-10-5-11-17-26)38-21-44(32)34-31(51-23(2)47)29(42-43-37)27(52-34)18-19-28(48)50-20-24-12-6-3-7-13-24/h3-17,21,27,29,31,34H,18-20H2,1-2H3,(H,39,40,41,46)/t27-,29-,31-,34-/m1/s1. The van der Waals surface area contributed by atoms with E-state index in [1.807, 2.05) is 30.3 Å². The van der Waals surface area contributed by atoms with Gasteiger partial charge in [0.25, 0.3) is 5.88 Å². The van der Waals surface area contributed by atoms with Gasteiger partial charge in [0, 0.05) is 25.2 Å². The fourth-order valence-corrected chi connectivity index (χ4v) is 5.77. The number of rotatable bonds is 12. The lowest BCUT2D eigenvalue weighted by Crippen LogP contribution is -2.34. The minimum Gasteiger partial charge on any atom is -0.461 e.